The molecule has 1 heterocycles. The van der Waals surface area contributed by atoms with E-state index >= 15 is 0 Å². The van der Waals surface area contributed by atoms with Crippen LogP contribution in [0.3, 0.4) is 0 Å². The van der Waals surface area contributed by atoms with Gasteiger partial charge in [0.2, 0.25) is 5.91 Å². The van der Waals surface area contributed by atoms with E-state index < -0.39 is 0 Å². The van der Waals surface area contributed by atoms with Crippen molar-refractivity contribution in [3.8, 4) is 0 Å². The van der Waals surface area contributed by atoms with Gasteiger partial charge in [0.15, 0.2) is 5.11 Å². The molecule has 13 heavy (non-hydrogen) atoms. The van der Waals surface area contributed by atoms with Gasteiger partial charge in [-0.15, -0.1) is 0 Å². The second kappa shape index (κ2) is 4.98. The summed E-state index contributed by atoms with van der Waals surface area (Å²) in [4.78, 5) is 11.3. The van der Waals surface area contributed by atoms with E-state index in [4.69, 9.17) is 10.5 Å². The topological polar surface area (TPSA) is 76.4 Å². The number of nitrogens with two attached hydrogens (primary N) is 1. The maximum atomic E-state index is 11.3. The predicted molar refractivity (Wildman–Crippen MR) is 51.6 cm³/mol. The van der Waals surface area contributed by atoms with Crippen molar-refractivity contribution < 1.29 is 9.53 Å². The third kappa shape index (κ3) is 3.56. The van der Waals surface area contributed by atoms with Gasteiger partial charge in [-0.2, -0.15) is 0 Å². The quantitative estimate of drug-likeness (QED) is 0.387. The lowest BCUT2D eigenvalue weighted by Gasteiger charge is -2.21. The van der Waals surface area contributed by atoms with Gasteiger partial charge in [0, 0.05) is 6.61 Å². The lowest BCUT2D eigenvalue weighted by atomic mass is 10.0. The molecule has 0 aromatic carbocycles. The molecule has 0 bridgehead atoms. The maximum Gasteiger partial charge on any atom is 0.243 e. The lowest BCUT2D eigenvalue weighted by Crippen LogP contribution is -2.48. The molecule has 4 N–H and O–H groups in total. The van der Waals surface area contributed by atoms with Crippen LogP contribution < -0.4 is 16.6 Å². The number of hydrogen-bond acceptors (Lipinski definition) is 3. The van der Waals surface area contributed by atoms with Gasteiger partial charge in [-0.1, -0.05) is 0 Å². The van der Waals surface area contributed by atoms with Crippen molar-refractivity contribution in [2.45, 2.75) is 12.8 Å². The van der Waals surface area contributed by atoms with Gasteiger partial charge < -0.3 is 10.5 Å². The molecule has 0 aromatic heterocycles. The predicted octanol–water partition coefficient (Wildman–Crippen LogP) is -0.723. The highest BCUT2D eigenvalue weighted by Crippen LogP contribution is 2.12. The van der Waals surface area contributed by atoms with Crippen LogP contribution in [-0.4, -0.2) is 24.2 Å². The summed E-state index contributed by atoms with van der Waals surface area (Å²) in [5.41, 5.74) is 9.96. The molecule has 1 aliphatic rings. The molecule has 0 spiro atoms. The highest BCUT2D eigenvalue weighted by Gasteiger charge is 2.21. The summed E-state index contributed by atoms with van der Waals surface area (Å²) in [7, 11) is 0. The Morgan fingerprint density at radius 1 is 1.54 bits per heavy atom. The van der Waals surface area contributed by atoms with Gasteiger partial charge in [-0.05, 0) is 25.1 Å². The van der Waals surface area contributed by atoms with Crippen LogP contribution in [0, 0.1) is 5.92 Å². The van der Waals surface area contributed by atoms with Gasteiger partial charge in [0.1, 0.15) is 0 Å². The Balaban J connectivity index is 2.25. The van der Waals surface area contributed by atoms with Gasteiger partial charge >= 0.3 is 0 Å². The number of rotatable bonds is 1. The molecule has 1 aliphatic heterocycles. The highest BCUT2D eigenvalue weighted by molar-refractivity contribution is 7.80. The first kappa shape index (κ1) is 10.2. The molecule has 1 saturated heterocycles. The molecular formula is C7H13N3O2S. The Morgan fingerprint density at radius 3 is 2.85 bits per heavy atom. The van der Waals surface area contributed by atoms with E-state index in [1.807, 2.05) is 0 Å². The Kier molecular flexibility index (Phi) is 3.91. The molecule has 1 rings (SSSR count). The number of hydrazine groups is 1. The van der Waals surface area contributed by atoms with Gasteiger partial charge in [-0.25, -0.2) is 0 Å². The Labute approximate surface area is 82.0 Å². The van der Waals surface area contributed by atoms with Gasteiger partial charge in [0.05, 0.1) is 12.5 Å². The third-order valence-electron chi connectivity index (χ3n) is 1.84. The zero-order chi connectivity index (χ0) is 9.68. The van der Waals surface area contributed by atoms with Crippen molar-refractivity contribution in [1.29, 1.82) is 0 Å². The lowest BCUT2D eigenvalue weighted by molar-refractivity contribution is -0.129. The number of nitrogens with one attached hydrogen (secondary N) is 2. The maximum absolute atomic E-state index is 11.3. The molecule has 1 amide bonds. The van der Waals surface area contributed by atoms with Gasteiger partial charge in [0.25, 0.3) is 0 Å². The fourth-order valence-corrected chi connectivity index (χ4v) is 1.22. The van der Waals surface area contributed by atoms with E-state index in [-0.39, 0.29) is 16.9 Å². The highest BCUT2D eigenvalue weighted by atomic mass is 32.1. The van der Waals surface area contributed by atoms with Crippen molar-refractivity contribution >= 4 is 23.2 Å². The molecule has 0 radical (unpaired) electrons. The second-order valence-corrected chi connectivity index (χ2v) is 3.33. The van der Waals surface area contributed by atoms with Crippen LogP contribution in [-0.2, 0) is 9.53 Å². The first-order valence-corrected chi connectivity index (χ1v) is 4.54. The molecule has 1 atom stereocenters. The summed E-state index contributed by atoms with van der Waals surface area (Å²) in [5, 5.41) is 0.0603. The minimum Gasteiger partial charge on any atom is -0.381 e. The molecular weight excluding hydrogens is 190 g/mol. The van der Waals surface area contributed by atoms with Crippen LogP contribution in [0.4, 0.5) is 0 Å². The van der Waals surface area contributed by atoms with E-state index in [9.17, 15) is 4.79 Å². The Bertz CT molecular complexity index is 204. The second-order valence-electron chi connectivity index (χ2n) is 2.89. The fourth-order valence-electron chi connectivity index (χ4n) is 1.17. The summed E-state index contributed by atoms with van der Waals surface area (Å²) in [5.74, 6) is -0.205. The van der Waals surface area contributed by atoms with Gasteiger partial charge in [-0.3, -0.25) is 15.6 Å². The average molecular weight is 203 g/mol. The van der Waals surface area contributed by atoms with Crippen molar-refractivity contribution in [3.05, 3.63) is 0 Å². The molecule has 0 aromatic rings. The van der Waals surface area contributed by atoms with Crippen molar-refractivity contribution in [1.82, 2.24) is 10.9 Å². The molecule has 0 saturated carbocycles. The van der Waals surface area contributed by atoms with Crippen LogP contribution in [0.5, 0.6) is 0 Å². The smallest absolute Gasteiger partial charge is 0.243 e. The van der Waals surface area contributed by atoms with Crippen LogP contribution >= 0.6 is 12.2 Å². The van der Waals surface area contributed by atoms with Crippen molar-refractivity contribution in [2.24, 2.45) is 11.7 Å². The number of carbonyl (C=O) groups excluding carboxylic acids is 1. The fraction of sp³-hybridized carbons (Fsp3) is 0.714. The first-order valence-electron chi connectivity index (χ1n) is 4.13. The average Bonchev–Trinajstić information content (AvgIpc) is 2.15. The molecule has 6 heteroatoms. The van der Waals surface area contributed by atoms with E-state index in [2.05, 4.69) is 23.1 Å². The van der Waals surface area contributed by atoms with E-state index in [0.717, 1.165) is 19.4 Å². The van der Waals surface area contributed by atoms with Crippen LogP contribution in [0.15, 0.2) is 0 Å². The summed E-state index contributed by atoms with van der Waals surface area (Å²) in [6, 6.07) is 0. The number of hydrogen-bond donors (Lipinski definition) is 3. The Morgan fingerprint density at radius 2 is 2.31 bits per heavy atom. The minimum absolute atomic E-state index is 0.0603. The third-order valence-corrected chi connectivity index (χ3v) is 1.94. The Hall–Kier alpha value is -0.880. The zero-order valence-electron chi connectivity index (χ0n) is 7.21. The number of carbonyl (C=O) groups is 1. The molecule has 5 nitrogen and oxygen atoms in total. The normalized spacial score (nSPS) is 22.0. The number of amides is 1. The minimum atomic E-state index is -0.118. The van der Waals surface area contributed by atoms with E-state index in [0.29, 0.717) is 6.61 Å². The molecule has 74 valence electrons. The van der Waals surface area contributed by atoms with Crippen LogP contribution in [0.1, 0.15) is 12.8 Å². The van der Waals surface area contributed by atoms with Crippen LogP contribution in [0.2, 0.25) is 0 Å². The summed E-state index contributed by atoms with van der Waals surface area (Å²) in [6.45, 7) is 1.22. The SMILES string of the molecule is NC(=S)NNC(=O)C1CCCOC1. The van der Waals surface area contributed by atoms with Crippen molar-refractivity contribution in [3.63, 3.8) is 0 Å². The molecule has 1 unspecified atom stereocenters. The first-order chi connectivity index (χ1) is 6.20. The molecule has 1 fully saturated rings. The summed E-state index contributed by atoms with van der Waals surface area (Å²) >= 11 is 4.54. The van der Waals surface area contributed by atoms with Crippen molar-refractivity contribution in [2.75, 3.05) is 13.2 Å². The monoisotopic (exact) mass is 203 g/mol. The molecule has 0 aliphatic carbocycles. The van der Waals surface area contributed by atoms with E-state index in [1.54, 1.807) is 0 Å². The number of thiocarbonyl (C=S) groups is 1. The summed E-state index contributed by atoms with van der Waals surface area (Å²) < 4.78 is 5.16. The zero-order valence-corrected chi connectivity index (χ0v) is 8.02. The number of ether oxygens (including phenoxy) is 1. The standard InChI is InChI=1S/C7H13N3O2S/c8-7(13)10-9-6(11)5-2-1-3-12-4-5/h5H,1-4H2,(H,9,11)(H3,8,10,13). The summed E-state index contributed by atoms with van der Waals surface area (Å²) in [6.07, 6.45) is 1.77. The largest absolute Gasteiger partial charge is 0.381 e. The van der Waals surface area contributed by atoms with E-state index in [1.165, 1.54) is 0 Å². The van der Waals surface area contributed by atoms with Crippen LogP contribution in [0.25, 0.3) is 0 Å².